The van der Waals surface area contributed by atoms with Gasteiger partial charge in [-0.3, -0.25) is 4.79 Å². The van der Waals surface area contributed by atoms with Crippen molar-refractivity contribution in [1.29, 1.82) is 0 Å². The number of hydrogen-bond acceptors (Lipinski definition) is 3. The van der Waals surface area contributed by atoms with E-state index in [4.69, 9.17) is 0 Å². The molecule has 5 heteroatoms. The fourth-order valence-corrected chi connectivity index (χ4v) is 1.88. The van der Waals surface area contributed by atoms with E-state index in [0.717, 1.165) is 15.9 Å². The largest absolute Gasteiger partial charge is 0.340 e. The highest BCUT2D eigenvalue weighted by molar-refractivity contribution is 9.10. The van der Waals surface area contributed by atoms with Crippen LogP contribution in [-0.4, -0.2) is 38.0 Å². The van der Waals surface area contributed by atoms with Crippen LogP contribution in [0.3, 0.4) is 0 Å². The highest BCUT2D eigenvalue weighted by Gasteiger charge is 2.14. The molecule has 1 amide bonds. The average Bonchev–Trinajstić information content (AvgIpc) is 2.28. The third kappa shape index (κ3) is 3.50. The Bertz CT molecular complexity index is 384. The second kappa shape index (κ2) is 6.27. The van der Waals surface area contributed by atoms with Crippen LogP contribution >= 0.6 is 28.6 Å². The van der Waals surface area contributed by atoms with Crippen LogP contribution in [0, 0.1) is 0 Å². The molecule has 0 atom stereocenters. The van der Waals surface area contributed by atoms with Crippen LogP contribution in [0.2, 0.25) is 0 Å². The summed E-state index contributed by atoms with van der Waals surface area (Å²) in [4.78, 5) is 14.5. The second-order valence-corrected chi connectivity index (χ2v) is 4.87. The Morgan fingerprint density at radius 2 is 2.25 bits per heavy atom. The monoisotopic (exact) mass is 302 g/mol. The van der Waals surface area contributed by atoms with E-state index in [9.17, 15) is 4.79 Å². The van der Waals surface area contributed by atoms with Gasteiger partial charge in [0, 0.05) is 29.5 Å². The van der Waals surface area contributed by atoms with Gasteiger partial charge in [-0.25, -0.2) is 0 Å². The molecular weight excluding hydrogens is 288 g/mol. The van der Waals surface area contributed by atoms with E-state index in [1.54, 1.807) is 18.0 Å². The maximum atomic E-state index is 12.1. The number of halogens is 1. The van der Waals surface area contributed by atoms with Gasteiger partial charge in [0.15, 0.2) is 0 Å². The Morgan fingerprint density at radius 1 is 1.56 bits per heavy atom. The van der Waals surface area contributed by atoms with Crippen molar-refractivity contribution in [3.8, 4) is 0 Å². The van der Waals surface area contributed by atoms with Crippen molar-refractivity contribution in [2.24, 2.45) is 0 Å². The van der Waals surface area contributed by atoms with Gasteiger partial charge in [0.2, 0.25) is 0 Å². The molecule has 0 saturated heterocycles. The number of nitrogens with one attached hydrogen (secondary N) is 1. The molecule has 1 aromatic rings. The number of nitrogens with zero attached hydrogens (tertiary/aromatic N) is 1. The molecule has 88 valence electrons. The quantitative estimate of drug-likeness (QED) is 0.834. The normalized spacial score (nSPS) is 10.2. The van der Waals surface area contributed by atoms with Crippen LogP contribution in [-0.2, 0) is 0 Å². The summed E-state index contributed by atoms with van der Waals surface area (Å²) in [7, 11) is 3.65. The first-order valence-corrected chi connectivity index (χ1v) is 6.19. The molecule has 0 aromatic heterocycles. The molecule has 0 fully saturated rings. The van der Waals surface area contributed by atoms with E-state index >= 15 is 0 Å². The van der Waals surface area contributed by atoms with Gasteiger partial charge in [-0.1, -0.05) is 0 Å². The van der Waals surface area contributed by atoms with Gasteiger partial charge in [0.05, 0.1) is 5.56 Å². The van der Waals surface area contributed by atoms with E-state index in [-0.39, 0.29) is 5.91 Å². The van der Waals surface area contributed by atoms with E-state index < -0.39 is 0 Å². The Labute approximate surface area is 110 Å². The Balaban J connectivity index is 2.83. The number of amides is 1. The van der Waals surface area contributed by atoms with Crippen molar-refractivity contribution < 1.29 is 4.79 Å². The lowest BCUT2D eigenvalue weighted by Gasteiger charge is -2.17. The lowest BCUT2D eigenvalue weighted by Crippen LogP contribution is -2.32. The predicted molar refractivity (Wildman–Crippen MR) is 72.3 cm³/mol. The molecule has 1 N–H and O–H groups in total. The van der Waals surface area contributed by atoms with Gasteiger partial charge in [-0.2, -0.15) is 0 Å². The van der Waals surface area contributed by atoms with Gasteiger partial charge < -0.3 is 10.2 Å². The molecule has 3 nitrogen and oxygen atoms in total. The van der Waals surface area contributed by atoms with Crippen LogP contribution in [0.4, 0.5) is 0 Å². The smallest absolute Gasteiger partial charge is 0.254 e. The predicted octanol–water partition coefficient (Wildman–Crippen LogP) is 2.03. The molecule has 0 saturated carbocycles. The van der Waals surface area contributed by atoms with Crippen LogP contribution in [0.25, 0.3) is 0 Å². The fourth-order valence-electron chi connectivity index (χ4n) is 1.26. The second-order valence-electron chi connectivity index (χ2n) is 3.49. The van der Waals surface area contributed by atoms with E-state index in [2.05, 4.69) is 33.9 Å². The molecule has 0 radical (unpaired) electrons. The zero-order valence-corrected chi connectivity index (χ0v) is 11.8. The SMILES string of the molecule is CNCCN(C)C(=O)c1cc(S)ccc1Br. The Morgan fingerprint density at radius 3 is 2.88 bits per heavy atom. The molecule has 0 bridgehead atoms. The molecule has 1 aromatic carbocycles. The number of carbonyl (C=O) groups excluding carboxylic acids is 1. The molecule has 0 heterocycles. The Kier molecular flexibility index (Phi) is 5.31. The molecule has 0 aliphatic carbocycles. The van der Waals surface area contributed by atoms with E-state index in [0.29, 0.717) is 12.1 Å². The van der Waals surface area contributed by atoms with Crippen LogP contribution < -0.4 is 5.32 Å². The van der Waals surface area contributed by atoms with Crippen LogP contribution in [0.15, 0.2) is 27.6 Å². The minimum atomic E-state index is -0.00183. The Hall–Kier alpha value is -0.520. The summed E-state index contributed by atoms with van der Waals surface area (Å²) in [5, 5.41) is 3.01. The zero-order chi connectivity index (χ0) is 12.1. The maximum absolute atomic E-state index is 12.1. The standard InChI is InChI=1S/C11H15BrN2OS/c1-13-5-6-14(2)11(15)9-7-8(16)3-4-10(9)12/h3-4,7,13,16H,5-6H2,1-2H3. The summed E-state index contributed by atoms with van der Waals surface area (Å²) in [6.45, 7) is 1.46. The van der Waals surface area contributed by atoms with E-state index in [1.807, 2.05) is 19.2 Å². The van der Waals surface area contributed by atoms with Crippen molar-refractivity contribution in [3.63, 3.8) is 0 Å². The van der Waals surface area contributed by atoms with Crippen LogP contribution in [0.5, 0.6) is 0 Å². The number of thiol groups is 1. The molecule has 0 unspecified atom stereocenters. The maximum Gasteiger partial charge on any atom is 0.254 e. The van der Waals surface area contributed by atoms with Gasteiger partial charge in [-0.05, 0) is 41.2 Å². The van der Waals surface area contributed by atoms with Crippen LogP contribution in [0.1, 0.15) is 10.4 Å². The average molecular weight is 303 g/mol. The first-order valence-electron chi connectivity index (χ1n) is 4.95. The number of carbonyl (C=O) groups is 1. The van der Waals surface area contributed by atoms with Gasteiger partial charge in [-0.15, -0.1) is 12.6 Å². The first-order chi connectivity index (χ1) is 7.56. The van der Waals surface area contributed by atoms with Gasteiger partial charge in [0.1, 0.15) is 0 Å². The highest BCUT2D eigenvalue weighted by atomic mass is 79.9. The molecular formula is C11H15BrN2OS. The highest BCUT2D eigenvalue weighted by Crippen LogP contribution is 2.21. The third-order valence-corrected chi connectivity index (χ3v) is 3.19. The van der Waals surface area contributed by atoms with E-state index in [1.165, 1.54) is 0 Å². The number of hydrogen-bond donors (Lipinski definition) is 2. The van der Waals surface area contributed by atoms with Crippen molar-refractivity contribution in [2.75, 3.05) is 27.2 Å². The van der Waals surface area contributed by atoms with Crippen molar-refractivity contribution >= 4 is 34.5 Å². The third-order valence-electron chi connectivity index (χ3n) is 2.22. The lowest BCUT2D eigenvalue weighted by atomic mass is 10.2. The minimum Gasteiger partial charge on any atom is -0.340 e. The van der Waals surface area contributed by atoms with Crippen molar-refractivity contribution in [3.05, 3.63) is 28.2 Å². The molecule has 0 spiro atoms. The summed E-state index contributed by atoms with van der Waals surface area (Å²) >= 11 is 7.60. The van der Waals surface area contributed by atoms with Gasteiger partial charge in [0.25, 0.3) is 5.91 Å². The zero-order valence-electron chi connectivity index (χ0n) is 9.33. The fraction of sp³-hybridized carbons (Fsp3) is 0.364. The topological polar surface area (TPSA) is 32.3 Å². The van der Waals surface area contributed by atoms with Crippen molar-refractivity contribution in [1.82, 2.24) is 10.2 Å². The summed E-state index contributed by atoms with van der Waals surface area (Å²) < 4.78 is 0.798. The number of benzene rings is 1. The summed E-state index contributed by atoms with van der Waals surface area (Å²) in [5.74, 6) is -0.00183. The first kappa shape index (κ1) is 13.5. The number of likely N-dealkylation sites (N-methyl/N-ethyl adjacent to an activating group) is 2. The summed E-state index contributed by atoms with van der Waals surface area (Å²) in [6, 6.07) is 5.45. The molecule has 0 aliphatic rings. The summed E-state index contributed by atoms with van der Waals surface area (Å²) in [5.41, 5.74) is 0.645. The number of rotatable bonds is 4. The van der Waals surface area contributed by atoms with Gasteiger partial charge >= 0.3 is 0 Å². The molecule has 0 aliphatic heterocycles. The lowest BCUT2D eigenvalue weighted by molar-refractivity contribution is 0.0795. The summed E-state index contributed by atoms with van der Waals surface area (Å²) in [6.07, 6.45) is 0. The van der Waals surface area contributed by atoms with Crippen molar-refractivity contribution in [2.45, 2.75) is 4.90 Å². The minimum absolute atomic E-state index is 0.00183. The molecule has 16 heavy (non-hydrogen) atoms. The molecule has 1 rings (SSSR count).